The Kier molecular flexibility index (Phi) is 10.4. The van der Waals surface area contributed by atoms with Gasteiger partial charge < -0.3 is 33.2 Å². The lowest BCUT2D eigenvalue weighted by Crippen LogP contribution is -2.10. The molecule has 1 heterocycles. The summed E-state index contributed by atoms with van der Waals surface area (Å²) in [7, 11) is 3.19. The van der Waals surface area contributed by atoms with Crippen LogP contribution in [0.5, 0.6) is 17.2 Å². The molecule has 0 spiro atoms. The molecule has 0 amide bonds. The van der Waals surface area contributed by atoms with Crippen LogP contribution in [0.2, 0.25) is 0 Å². The van der Waals surface area contributed by atoms with Crippen LogP contribution >= 0.6 is 0 Å². The van der Waals surface area contributed by atoms with Gasteiger partial charge >= 0.3 is 0 Å². The van der Waals surface area contributed by atoms with E-state index in [1.807, 2.05) is 12.1 Å². The third kappa shape index (κ3) is 7.30. The van der Waals surface area contributed by atoms with Crippen LogP contribution in [0.3, 0.4) is 0 Å². The van der Waals surface area contributed by atoms with E-state index >= 15 is 0 Å². The first-order valence-electron chi connectivity index (χ1n) is 11.3. The van der Waals surface area contributed by atoms with E-state index in [0.717, 1.165) is 18.4 Å². The molecular formula is C26H32O8. The molecule has 3 rings (SSSR count). The van der Waals surface area contributed by atoms with Crippen molar-refractivity contribution in [3.05, 3.63) is 58.8 Å². The van der Waals surface area contributed by atoms with Crippen LogP contribution in [-0.4, -0.2) is 60.0 Å². The van der Waals surface area contributed by atoms with Gasteiger partial charge in [-0.15, -0.1) is 0 Å². The molecule has 0 saturated carbocycles. The Morgan fingerprint density at radius 3 is 2.21 bits per heavy atom. The van der Waals surface area contributed by atoms with Crippen molar-refractivity contribution in [3.8, 4) is 17.2 Å². The lowest BCUT2D eigenvalue weighted by atomic mass is 10.1. The second-order valence-corrected chi connectivity index (χ2v) is 7.55. The molecule has 1 aliphatic rings. The van der Waals surface area contributed by atoms with Gasteiger partial charge in [0.15, 0.2) is 19.3 Å². The van der Waals surface area contributed by atoms with Gasteiger partial charge in [-0.3, -0.25) is 4.79 Å². The number of methoxy groups -OCH3 is 2. The Balaban J connectivity index is 1.77. The summed E-state index contributed by atoms with van der Waals surface area (Å²) in [5.74, 6) is 1.08. The third-order valence-corrected chi connectivity index (χ3v) is 5.00. The Labute approximate surface area is 200 Å². The summed E-state index contributed by atoms with van der Waals surface area (Å²) in [5.41, 5.74) is 2.46. The second kappa shape index (κ2) is 13.7. The lowest BCUT2D eigenvalue weighted by Gasteiger charge is -2.12. The van der Waals surface area contributed by atoms with Crippen LogP contribution in [0, 0.1) is 0 Å². The zero-order valence-corrected chi connectivity index (χ0v) is 20.0. The molecule has 0 unspecified atom stereocenters. The molecule has 0 N–H and O–H groups in total. The molecule has 0 radical (unpaired) electrons. The number of allylic oxidation sites excluding steroid dienone is 1. The molecule has 0 saturated heterocycles. The quantitative estimate of drug-likeness (QED) is 0.216. The minimum atomic E-state index is -0.262. The summed E-state index contributed by atoms with van der Waals surface area (Å²) < 4.78 is 38.0. The van der Waals surface area contributed by atoms with Gasteiger partial charge in [-0.1, -0.05) is 37.6 Å². The second-order valence-electron chi connectivity index (χ2n) is 7.55. The van der Waals surface area contributed by atoms with Gasteiger partial charge in [0, 0.05) is 26.4 Å². The van der Waals surface area contributed by atoms with Gasteiger partial charge in [-0.05, 0) is 23.6 Å². The number of benzene rings is 2. The summed E-state index contributed by atoms with van der Waals surface area (Å²) in [6, 6.07) is 11.3. The summed E-state index contributed by atoms with van der Waals surface area (Å²) in [6.07, 6.45) is 3.82. The van der Waals surface area contributed by atoms with Gasteiger partial charge in [-0.25, -0.2) is 0 Å². The van der Waals surface area contributed by atoms with Crippen molar-refractivity contribution >= 4 is 11.9 Å². The van der Waals surface area contributed by atoms with Crippen molar-refractivity contribution in [2.24, 2.45) is 0 Å². The van der Waals surface area contributed by atoms with Crippen molar-refractivity contribution in [2.45, 2.75) is 19.8 Å². The van der Waals surface area contributed by atoms with E-state index < -0.39 is 0 Å². The molecule has 2 aromatic rings. The first kappa shape index (κ1) is 25.7. The van der Waals surface area contributed by atoms with Crippen molar-refractivity contribution in [2.75, 3.05) is 54.2 Å². The number of carbonyl (C=O) groups is 1. The van der Waals surface area contributed by atoms with Gasteiger partial charge in [0.2, 0.25) is 5.78 Å². The normalized spacial score (nSPS) is 13.7. The molecule has 0 aromatic heterocycles. The average Bonchev–Trinajstić information content (AvgIpc) is 3.15. The highest BCUT2D eigenvalue weighted by molar-refractivity contribution is 6.16. The maximum absolute atomic E-state index is 13.2. The summed E-state index contributed by atoms with van der Waals surface area (Å²) in [5, 5.41) is 0. The maximum atomic E-state index is 13.2. The molecule has 184 valence electrons. The van der Waals surface area contributed by atoms with Crippen molar-refractivity contribution in [1.82, 2.24) is 0 Å². The van der Waals surface area contributed by atoms with Gasteiger partial charge in [0.25, 0.3) is 0 Å². The first-order chi connectivity index (χ1) is 16.7. The number of fused-ring (bicyclic) bond motifs is 1. The van der Waals surface area contributed by atoms with Crippen LogP contribution in [0.15, 0.2) is 42.2 Å². The minimum absolute atomic E-state index is 0.0205. The number of hydrogen-bond donors (Lipinski definition) is 0. The predicted octanol–water partition coefficient (Wildman–Crippen LogP) is 4.25. The van der Waals surface area contributed by atoms with E-state index in [1.165, 1.54) is 5.56 Å². The molecular weight excluding hydrogens is 440 g/mol. The largest absolute Gasteiger partial charge is 0.467 e. The lowest BCUT2D eigenvalue weighted by molar-refractivity contribution is -0.0118. The van der Waals surface area contributed by atoms with Gasteiger partial charge in [-0.2, -0.15) is 0 Å². The van der Waals surface area contributed by atoms with E-state index in [4.69, 9.17) is 33.2 Å². The zero-order valence-electron chi connectivity index (χ0n) is 20.0. The Bertz CT molecular complexity index is 952. The number of Topliss-reactive ketones (excluding diaryl/α,β-unsaturated/α-hetero) is 1. The highest BCUT2D eigenvalue weighted by Crippen LogP contribution is 2.41. The van der Waals surface area contributed by atoms with E-state index in [-0.39, 0.29) is 25.1 Å². The molecule has 2 aromatic carbocycles. The zero-order chi connectivity index (χ0) is 24.2. The molecule has 1 aliphatic heterocycles. The molecule has 0 bridgehead atoms. The number of carbonyl (C=O) groups excluding carboxylic acids is 1. The highest BCUT2D eigenvalue weighted by atomic mass is 16.7. The van der Waals surface area contributed by atoms with E-state index in [2.05, 4.69) is 19.1 Å². The predicted molar refractivity (Wildman–Crippen MR) is 126 cm³/mol. The minimum Gasteiger partial charge on any atom is -0.467 e. The number of rotatable bonds is 15. The van der Waals surface area contributed by atoms with Crippen molar-refractivity contribution in [3.63, 3.8) is 0 Å². The molecule has 34 heavy (non-hydrogen) atoms. The molecule has 0 aliphatic carbocycles. The SMILES string of the molecule is CCCc1ccc(/C=C2\Oc3cc(OCOCCOC)cc(OCOCCOC)c3C2=O)cc1. The topological polar surface area (TPSA) is 81.7 Å². The highest BCUT2D eigenvalue weighted by Gasteiger charge is 2.32. The fraction of sp³-hybridized carbons (Fsp3) is 0.423. The Morgan fingerprint density at radius 2 is 1.56 bits per heavy atom. The number of ether oxygens (including phenoxy) is 7. The van der Waals surface area contributed by atoms with E-state index in [0.29, 0.717) is 49.2 Å². The summed E-state index contributed by atoms with van der Waals surface area (Å²) >= 11 is 0. The molecule has 8 heteroatoms. The Hall–Kier alpha value is -2.91. The van der Waals surface area contributed by atoms with Crippen LogP contribution in [0.1, 0.15) is 34.8 Å². The third-order valence-electron chi connectivity index (χ3n) is 5.00. The molecule has 0 fully saturated rings. The average molecular weight is 473 g/mol. The van der Waals surface area contributed by atoms with E-state index in [9.17, 15) is 4.79 Å². The summed E-state index contributed by atoms with van der Waals surface area (Å²) in [4.78, 5) is 13.2. The molecule has 8 nitrogen and oxygen atoms in total. The maximum Gasteiger partial charge on any atom is 0.235 e. The molecule has 0 atom stereocenters. The van der Waals surface area contributed by atoms with Crippen LogP contribution < -0.4 is 14.2 Å². The standard InChI is InChI=1S/C26H32O8/c1-4-5-19-6-8-20(9-7-19)14-24-26(27)25-22(33-18-31-13-11-29-3)15-21(16-23(25)34-24)32-17-30-12-10-28-2/h6-9,14-16H,4-5,10-13,17-18H2,1-3H3/b24-14-. The number of aryl methyl sites for hydroxylation is 1. The van der Waals surface area contributed by atoms with E-state index in [1.54, 1.807) is 32.4 Å². The smallest absolute Gasteiger partial charge is 0.235 e. The fourth-order valence-electron chi connectivity index (χ4n) is 3.29. The number of hydrogen-bond acceptors (Lipinski definition) is 8. The number of ketones is 1. The van der Waals surface area contributed by atoms with Crippen LogP contribution in [-0.2, 0) is 25.4 Å². The van der Waals surface area contributed by atoms with Gasteiger partial charge in [0.05, 0.1) is 26.4 Å². The fourth-order valence-corrected chi connectivity index (χ4v) is 3.29. The monoisotopic (exact) mass is 472 g/mol. The van der Waals surface area contributed by atoms with Gasteiger partial charge in [0.1, 0.15) is 22.8 Å². The summed E-state index contributed by atoms with van der Waals surface area (Å²) in [6.45, 7) is 3.79. The van der Waals surface area contributed by atoms with Crippen molar-refractivity contribution < 1.29 is 38.0 Å². The van der Waals surface area contributed by atoms with Crippen LogP contribution in [0.4, 0.5) is 0 Å². The Morgan fingerprint density at radius 1 is 0.882 bits per heavy atom. The van der Waals surface area contributed by atoms with Crippen molar-refractivity contribution in [1.29, 1.82) is 0 Å². The first-order valence-corrected chi connectivity index (χ1v) is 11.3. The van der Waals surface area contributed by atoms with Crippen LogP contribution in [0.25, 0.3) is 6.08 Å².